The number of thiazole rings is 1. The Hall–Kier alpha value is -1.94. The number of fused-ring (bicyclic) bond motifs is 1. The maximum Gasteiger partial charge on any atom is 0.180 e. The Morgan fingerprint density at radius 3 is 2.88 bits per heavy atom. The van der Waals surface area contributed by atoms with E-state index in [9.17, 15) is 0 Å². The van der Waals surface area contributed by atoms with Crippen LogP contribution in [-0.4, -0.2) is 9.97 Å². The van der Waals surface area contributed by atoms with E-state index in [1.54, 1.807) is 6.20 Å². The highest BCUT2D eigenvalue weighted by molar-refractivity contribution is 7.13. The van der Waals surface area contributed by atoms with Crippen molar-refractivity contribution in [1.82, 2.24) is 9.97 Å². The molecular weight excluding hydrogens is 218 g/mol. The molecular formula is C12H9N3S. The first-order chi connectivity index (χ1) is 7.83. The van der Waals surface area contributed by atoms with Crippen LogP contribution >= 0.6 is 11.3 Å². The van der Waals surface area contributed by atoms with Crippen molar-refractivity contribution in [2.45, 2.75) is 0 Å². The van der Waals surface area contributed by atoms with E-state index in [-0.39, 0.29) is 0 Å². The molecule has 0 saturated heterocycles. The van der Waals surface area contributed by atoms with Gasteiger partial charge in [-0.05, 0) is 17.5 Å². The lowest BCUT2D eigenvalue weighted by Gasteiger charge is -2.00. The molecule has 2 heterocycles. The van der Waals surface area contributed by atoms with Crippen molar-refractivity contribution >= 4 is 27.2 Å². The zero-order valence-electron chi connectivity index (χ0n) is 8.42. The summed E-state index contributed by atoms with van der Waals surface area (Å²) in [7, 11) is 0. The summed E-state index contributed by atoms with van der Waals surface area (Å²) in [5, 5.41) is 4.87. The van der Waals surface area contributed by atoms with Gasteiger partial charge in [0.15, 0.2) is 5.13 Å². The topological polar surface area (TPSA) is 51.8 Å². The van der Waals surface area contributed by atoms with Crippen LogP contribution < -0.4 is 5.73 Å². The van der Waals surface area contributed by atoms with Crippen molar-refractivity contribution < 1.29 is 0 Å². The summed E-state index contributed by atoms with van der Waals surface area (Å²) in [6.45, 7) is 0. The second-order valence-electron chi connectivity index (χ2n) is 3.51. The molecule has 0 unspecified atom stereocenters. The molecule has 0 aliphatic rings. The molecule has 0 aliphatic heterocycles. The highest BCUT2D eigenvalue weighted by atomic mass is 32.1. The minimum absolute atomic E-state index is 0.602. The van der Waals surface area contributed by atoms with Crippen LogP contribution in [0.3, 0.4) is 0 Å². The van der Waals surface area contributed by atoms with Gasteiger partial charge >= 0.3 is 0 Å². The summed E-state index contributed by atoms with van der Waals surface area (Å²) in [6.07, 6.45) is 3.65. The van der Waals surface area contributed by atoms with E-state index in [1.165, 1.54) is 16.7 Å². The number of hydrogen-bond donors (Lipinski definition) is 1. The van der Waals surface area contributed by atoms with Crippen LogP contribution in [0.2, 0.25) is 0 Å². The third kappa shape index (κ3) is 1.53. The van der Waals surface area contributed by atoms with Crippen molar-refractivity contribution in [3.05, 3.63) is 42.0 Å². The predicted molar refractivity (Wildman–Crippen MR) is 67.3 cm³/mol. The predicted octanol–water partition coefficient (Wildman–Crippen LogP) is 2.94. The number of pyridine rings is 1. The second kappa shape index (κ2) is 3.57. The maximum absolute atomic E-state index is 5.63. The fourth-order valence-electron chi connectivity index (χ4n) is 1.66. The number of hydrogen-bond acceptors (Lipinski definition) is 4. The number of nitrogens with two attached hydrogens (primary N) is 1. The van der Waals surface area contributed by atoms with Gasteiger partial charge in [0, 0.05) is 28.7 Å². The summed E-state index contributed by atoms with van der Waals surface area (Å²) in [5.74, 6) is 0. The molecule has 0 saturated carbocycles. The Labute approximate surface area is 96.6 Å². The van der Waals surface area contributed by atoms with Crippen LogP contribution in [0, 0.1) is 0 Å². The fourth-order valence-corrected chi connectivity index (χ4v) is 2.24. The lowest BCUT2D eigenvalue weighted by atomic mass is 10.1. The molecule has 0 atom stereocenters. The Bertz CT molecular complexity index is 645. The van der Waals surface area contributed by atoms with E-state index in [1.807, 2.05) is 29.8 Å². The number of nitrogen functional groups attached to an aromatic ring is 1. The Kier molecular flexibility index (Phi) is 2.08. The van der Waals surface area contributed by atoms with Gasteiger partial charge in [-0.25, -0.2) is 4.98 Å². The molecule has 2 N–H and O–H groups in total. The SMILES string of the molecule is Nc1nc(-c2ccc3cnccc3c2)cs1. The molecule has 0 radical (unpaired) electrons. The summed E-state index contributed by atoms with van der Waals surface area (Å²) in [5.41, 5.74) is 7.65. The third-order valence-electron chi connectivity index (χ3n) is 2.46. The number of nitrogens with zero attached hydrogens (tertiary/aromatic N) is 2. The van der Waals surface area contributed by atoms with Crippen molar-refractivity contribution in [3.63, 3.8) is 0 Å². The van der Waals surface area contributed by atoms with E-state index in [0.29, 0.717) is 5.13 Å². The number of anilines is 1. The molecule has 0 spiro atoms. The first-order valence-electron chi connectivity index (χ1n) is 4.88. The number of benzene rings is 1. The molecule has 0 amide bonds. The summed E-state index contributed by atoms with van der Waals surface area (Å²) < 4.78 is 0. The van der Waals surface area contributed by atoms with E-state index in [4.69, 9.17) is 5.73 Å². The Morgan fingerprint density at radius 1 is 1.12 bits per heavy atom. The molecule has 3 rings (SSSR count). The van der Waals surface area contributed by atoms with Gasteiger partial charge < -0.3 is 5.73 Å². The highest BCUT2D eigenvalue weighted by Gasteiger charge is 2.03. The van der Waals surface area contributed by atoms with Crippen LogP contribution in [0.1, 0.15) is 0 Å². The van der Waals surface area contributed by atoms with Crippen LogP contribution in [0.15, 0.2) is 42.0 Å². The molecule has 0 fully saturated rings. The van der Waals surface area contributed by atoms with Crippen molar-refractivity contribution in [2.24, 2.45) is 0 Å². The van der Waals surface area contributed by atoms with Gasteiger partial charge in [-0.2, -0.15) is 0 Å². The zero-order chi connectivity index (χ0) is 11.0. The molecule has 78 valence electrons. The highest BCUT2D eigenvalue weighted by Crippen LogP contribution is 2.25. The molecule has 3 aromatic rings. The minimum Gasteiger partial charge on any atom is -0.375 e. The van der Waals surface area contributed by atoms with Gasteiger partial charge in [0.25, 0.3) is 0 Å². The summed E-state index contributed by atoms with van der Waals surface area (Å²) in [4.78, 5) is 8.35. The lowest BCUT2D eigenvalue weighted by molar-refractivity contribution is 1.36. The van der Waals surface area contributed by atoms with E-state index in [2.05, 4.69) is 16.0 Å². The summed E-state index contributed by atoms with van der Waals surface area (Å²) in [6, 6.07) is 8.19. The standard InChI is InChI=1S/C12H9N3S/c13-12-15-11(7-16-12)9-1-2-10-6-14-4-3-8(10)5-9/h1-7H,(H2,13,15). The van der Waals surface area contributed by atoms with Crippen LogP contribution in [0.5, 0.6) is 0 Å². The molecule has 4 heteroatoms. The minimum atomic E-state index is 0.602. The van der Waals surface area contributed by atoms with Crippen LogP contribution in [0.25, 0.3) is 22.0 Å². The van der Waals surface area contributed by atoms with Crippen LogP contribution in [-0.2, 0) is 0 Å². The first-order valence-corrected chi connectivity index (χ1v) is 5.76. The van der Waals surface area contributed by atoms with Crippen LogP contribution in [0.4, 0.5) is 5.13 Å². The van der Waals surface area contributed by atoms with Gasteiger partial charge in [-0.3, -0.25) is 4.98 Å². The monoisotopic (exact) mass is 227 g/mol. The number of rotatable bonds is 1. The van der Waals surface area contributed by atoms with Gasteiger partial charge in [0.1, 0.15) is 0 Å². The average molecular weight is 227 g/mol. The molecule has 3 nitrogen and oxygen atoms in total. The zero-order valence-corrected chi connectivity index (χ0v) is 9.24. The Balaban J connectivity index is 2.18. The van der Waals surface area contributed by atoms with Gasteiger partial charge in [0.2, 0.25) is 0 Å². The Morgan fingerprint density at radius 2 is 2.06 bits per heavy atom. The van der Waals surface area contributed by atoms with Gasteiger partial charge in [-0.1, -0.05) is 12.1 Å². The van der Waals surface area contributed by atoms with E-state index >= 15 is 0 Å². The van der Waals surface area contributed by atoms with Crippen molar-refractivity contribution in [1.29, 1.82) is 0 Å². The fraction of sp³-hybridized carbons (Fsp3) is 0. The quantitative estimate of drug-likeness (QED) is 0.695. The smallest absolute Gasteiger partial charge is 0.180 e. The molecule has 0 aliphatic carbocycles. The average Bonchev–Trinajstić information content (AvgIpc) is 2.75. The molecule has 2 aromatic heterocycles. The van der Waals surface area contributed by atoms with E-state index < -0.39 is 0 Å². The number of aromatic nitrogens is 2. The third-order valence-corrected chi connectivity index (χ3v) is 3.13. The van der Waals surface area contributed by atoms with Gasteiger partial charge in [-0.15, -0.1) is 11.3 Å². The second-order valence-corrected chi connectivity index (χ2v) is 4.40. The van der Waals surface area contributed by atoms with Crippen molar-refractivity contribution in [2.75, 3.05) is 5.73 Å². The lowest BCUT2D eigenvalue weighted by Crippen LogP contribution is -1.83. The normalized spacial score (nSPS) is 10.8. The molecule has 1 aromatic carbocycles. The van der Waals surface area contributed by atoms with Crippen molar-refractivity contribution in [3.8, 4) is 11.3 Å². The summed E-state index contributed by atoms with van der Waals surface area (Å²) >= 11 is 1.46. The van der Waals surface area contributed by atoms with E-state index in [0.717, 1.165) is 16.6 Å². The molecule has 0 bridgehead atoms. The first kappa shape index (κ1) is 9.30. The molecule has 16 heavy (non-hydrogen) atoms. The van der Waals surface area contributed by atoms with Gasteiger partial charge in [0.05, 0.1) is 5.69 Å². The largest absolute Gasteiger partial charge is 0.375 e. The maximum atomic E-state index is 5.63.